The molecule has 1 N–H and O–H groups in total. The molecule has 0 saturated carbocycles. The highest BCUT2D eigenvalue weighted by Gasteiger charge is 2.24. The van der Waals surface area contributed by atoms with Gasteiger partial charge in [-0.05, 0) is 30.0 Å². The van der Waals surface area contributed by atoms with E-state index in [0.29, 0.717) is 46.9 Å². The Labute approximate surface area is 210 Å². The van der Waals surface area contributed by atoms with Crippen molar-refractivity contribution in [2.24, 2.45) is 5.92 Å². The predicted molar refractivity (Wildman–Crippen MR) is 142 cm³/mol. The van der Waals surface area contributed by atoms with Gasteiger partial charge >= 0.3 is 0 Å². The number of hydrogen-bond acceptors (Lipinski definition) is 6. The normalized spacial score (nSPS) is 10.9. The summed E-state index contributed by atoms with van der Waals surface area (Å²) in [7, 11) is 0. The molecule has 6 nitrogen and oxygen atoms in total. The van der Waals surface area contributed by atoms with Gasteiger partial charge in [0.1, 0.15) is 17.4 Å². The summed E-state index contributed by atoms with van der Waals surface area (Å²) >= 11 is 0. The molecule has 0 aliphatic carbocycles. The zero-order valence-electron chi connectivity index (χ0n) is 20.2. The molecule has 0 radical (unpaired) electrons. The number of para-hydroxylation sites is 2. The van der Waals surface area contributed by atoms with Gasteiger partial charge in [-0.3, -0.25) is 0 Å². The van der Waals surface area contributed by atoms with Gasteiger partial charge in [0, 0.05) is 11.1 Å². The molecule has 3 aromatic carbocycles. The van der Waals surface area contributed by atoms with Gasteiger partial charge in [-0.25, -0.2) is 9.97 Å². The number of nitriles is 1. The van der Waals surface area contributed by atoms with Crippen LogP contribution in [0.3, 0.4) is 0 Å². The van der Waals surface area contributed by atoms with E-state index in [4.69, 9.17) is 19.1 Å². The first kappa shape index (κ1) is 23.1. The molecule has 0 bridgehead atoms. The van der Waals surface area contributed by atoms with E-state index in [1.807, 2.05) is 84.9 Å². The van der Waals surface area contributed by atoms with E-state index < -0.39 is 0 Å². The second-order valence-corrected chi connectivity index (χ2v) is 8.88. The van der Waals surface area contributed by atoms with Crippen LogP contribution in [0.4, 0.5) is 11.7 Å². The predicted octanol–water partition coefficient (Wildman–Crippen LogP) is 7.60. The Hall–Kier alpha value is -4.63. The van der Waals surface area contributed by atoms with Crippen molar-refractivity contribution >= 4 is 22.7 Å². The van der Waals surface area contributed by atoms with Crippen LogP contribution >= 0.6 is 0 Å². The van der Waals surface area contributed by atoms with Gasteiger partial charge in [0.2, 0.25) is 5.88 Å². The van der Waals surface area contributed by atoms with Crippen LogP contribution < -0.4 is 10.1 Å². The van der Waals surface area contributed by atoms with Gasteiger partial charge in [0.25, 0.3) is 5.88 Å². The maximum Gasteiger partial charge on any atom is 0.258 e. The van der Waals surface area contributed by atoms with Gasteiger partial charge in [-0.15, -0.1) is 0 Å². The molecule has 2 heterocycles. The number of ether oxygens (including phenoxy) is 1. The first-order valence-electron chi connectivity index (χ1n) is 12.0. The van der Waals surface area contributed by atoms with E-state index in [1.54, 1.807) is 0 Å². The number of benzene rings is 3. The van der Waals surface area contributed by atoms with Crippen LogP contribution in [0.25, 0.3) is 33.5 Å². The van der Waals surface area contributed by atoms with Crippen molar-refractivity contribution in [3.63, 3.8) is 0 Å². The Balaban J connectivity index is 1.63. The molecule has 2 aromatic heterocycles. The number of hydrogen-bond donors (Lipinski definition) is 1. The van der Waals surface area contributed by atoms with Crippen molar-refractivity contribution in [3.05, 3.63) is 90.5 Å². The average molecular weight is 475 g/mol. The summed E-state index contributed by atoms with van der Waals surface area (Å²) in [5, 5.41) is 13.5. The third-order valence-electron chi connectivity index (χ3n) is 5.82. The van der Waals surface area contributed by atoms with E-state index in [1.165, 1.54) is 0 Å². The second-order valence-electron chi connectivity index (χ2n) is 8.88. The van der Waals surface area contributed by atoms with Gasteiger partial charge in [-0.1, -0.05) is 86.6 Å². The molecular weight excluding hydrogens is 448 g/mol. The SMILES string of the molecule is CC(C)CCOc1nc2ccccc2nc1Nc1oc(-c2ccccc2)c(-c2ccccc2)c1C#N. The number of nitrogens with zero attached hydrogens (tertiary/aromatic N) is 3. The standard InChI is InChI=1S/C30H26N4O2/c1-20(2)17-18-35-30-28(32-24-15-9-10-16-25(24)33-30)34-29-23(19-31)26(21-11-5-3-6-12-21)27(36-29)22-13-7-4-8-14-22/h3-16,20H,17-18H2,1-2H3,(H,32,34). The summed E-state index contributed by atoms with van der Waals surface area (Å²) in [6.07, 6.45) is 0.883. The van der Waals surface area contributed by atoms with Crippen molar-refractivity contribution in [1.82, 2.24) is 9.97 Å². The Bertz CT molecular complexity index is 1520. The molecule has 178 valence electrons. The fourth-order valence-corrected chi connectivity index (χ4v) is 3.96. The molecule has 0 unspecified atom stereocenters. The molecule has 5 rings (SSSR count). The maximum atomic E-state index is 10.2. The summed E-state index contributed by atoms with van der Waals surface area (Å²) in [6, 6.07) is 29.5. The van der Waals surface area contributed by atoms with Crippen molar-refractivity contribution in [3.8, 4) is 34.4 Å². The minimum Gasteiger partial charge on any atom is -0.475 e. The van der Waals surface area contributed by atoms with Gasteiger partial charge in [-0.2, -0.15) is 5.26 Å². The summed E-state index contributed by atoms with van der Waals surface area (Å²) in [6.45, 7) is 4.80. The number of nitrogens with one attached hydrogen (secondary N) is 1. The van der Waals surface area contributed by atoms with E-state index in [0.717, 1.165) is 28.6 Å². The molecule has 6 heteroatoms. The number of rotatable bonds is 8. The first-order chi connectivity index (χ1) is 17.6. The van der Waals surface area contributed by atoms with Gasteiger partial charge in [0.05, 0.1) is 17.6 Å². The Morgan fingerprint density at radius 1 is 0.861 bits per heavy atom. The highest BCUT2D eigenvalue weighted by atomic mass is 16.5. The largest absolute Gasteiger partial charge is 0.475 e. The quantitative estimate of drug-likeness (QED) is 0.249. The van der Waals surface area contributed by atoms with Crippen molar-refractivity contribution in [2.75, 3.05) is 11.9 Å². The summed E-state index contributed by atoms with van der Waals surface area (Å²) < 4.78 is 12.4. The summed E-state index contributed by atoms with van der Waals surface area (Å²) in [5.41, 5.74) is 4.33. The van der Waals surface area contributed by atoms with Crippen LogP contribution in [0.5, 0.6) is 5.88 Å². The second kappa shape index (κ2) is 10.3. The summed E-state index contributed by atoms with van der Waals surface area (Å²) in [4.78, 5) is 9.46. The fraction of sp³-hybridized carbons (Fsp3) is 0.167. The zero-order valence-corrected chi connectivity index (χ0v) is 20.2. The zero-order chi connectivity index (χ0) is 24.9. The van der Waals surface area contributed by atoms with Gasteiger partial charge < -0.3 is 14.5 Å². The van der Waals surface area contributed by atoms with Gasteiger partial charge in [0.15, 0.2) is 5.82 Å². The molecule has 0 spiro atoms. The monoisotopic (exact) mass is 474 g/mol. The highest BCUT2D eigenvalue weighted by molar-refractivity contribution is 5.89. The van der Waals surface area contributed by atoms with Crippen molar-refractivity contribution in [2.45, 2.75) is 20.3 Å². The van der Waals surface area contributed by atoms with Crippen molar-refractivity contribution < 1.29 is 9.15 Å². The lowest BCUT2D eigenvalue weighted by Crippen LogP contribution is -2.07. The first-order valence-corrected chi connectivity index (χ1v) is 12.0. The Morgan fingerprint density at radius 2 is 1.47 bits per heavy atom. The molecule has 0 amide bonds. The molecule has 0 atom stereocenters. The van der Waals surface area contributed by atoms with Crippen LogP contribution in [0, 0.1) is 17.2 Å². The van der Waals surface area contributed by atoms with Crippen LogP contribution in [-0.2, 0) is 0 Å². The molecule has 0 saturated heterocycles. The van der Waals surface area contributed by atoms with Crippen LogP contribution in [0.1, 0.15) is 25.8 Å². The highest BCUT2D eigenvalue weighted by Crippen LogP contribution is 2.42. The van der Waals surface area contributed by atoms with E-state index >= 15 is 0 Å². The Morgan fingerprint density at radius 3 is 2.11 bits per heavy atom. The molecule has 5 aromatic rings. The number of anilines is 2. The van der Waals surface area contributed by atoms with Crippen LogP contribution in [0.15, 0.2) is 89.3 Å². The number of fused-ring (bicyclic) bond motifs is 1. The molecule has 36 heavy (non-hydrogen) atoms. The minimum atomic E-state index is 0.300. The molecule has 0 aliphatic heterocycles. The average Bonchev–Trinajstić information content (AvgIpc) is 3.28. The lowest BCUT2D eigenvalue weighted by atomic mass is 9.98. The summed E-state index contributed by atoms with van der Waals surface area (Å²) in [5.74, 6) is 2.18. The van der Waals surface area contributed by atoms with E-state index in [-0.39, 0.29) is 0 Å². The van der Waals surface area contributed by atoms with Crippen LogP contribution in [-0.4, -0.2) is 16.6 Å². The van der Waals surface area contributed by atoms with Crippen LogP contribution in [0.2, 0.25) is 0 Å². The molecule has 0 aliphatic rings. The minimum absolute atomic E-state index is 0.300. The lowest BCUT2D eigenvalue weighted by Gasteiger charge is -2.12. The lowest BCUT2D eigenvalue weighted by molar-refractivity contribution is 0.281. The molecular formula is C30H26N4O2. The molecule has 0 fully saturated rings. The van der Waals surface area contributed by atoms with Crippen molar-refractivity contribution in [1.29, 1.82) is 5.26 Å². The third kappa shape index (κ3) is 4.77. The van der Waals surface area contributed by atoms with E-state index in [2.05, 4.69) is 25.2 Å². The van der Waals surface area contributed by atoms with E-state index in [9.17, 15) is 5.26 Å². The maximum absolute atomic E-state index is 10.2. The topological polar surface area (TPSA) is 84.0 Å². The fourth-order valence-electron chi connectivity index (χ4n) is 3.96. The number of aromatic nitrogens is 2. The number of furan rings is 1. The smallest absolute Gasteiger partial charge is 0.258 e. The Kier molecular flexibility index (Phi) is 6.63. The third-order valence-corrected chi connectivity index (χ3v) is 5.82.